The zero-order valence-electron chi connectivity index (χ0n) is 11.3. The molecule has 1 atom stereocenters. The summed E-state index contributed by atoms with van der Waals surface area (Å²) in [4.78, 5) is 8.76. The summed E-state index contributed by atoms with van der Waals surface area (Å²) < 4.78 is 5.36. The third-order valence-corrected chi connectivity index (χ3v) is 3.31. The number of nitrogens with two attached hydrogens (primary N) is 1. The van der Waals surface area contributed by atoms with Gasteiger partial charge < -0.3 is 10.3 Å². The van der Waals surface area contributed by atoms with Crippen molar-refractivity contribution in [1.29, 1.82) is 0 Å². The summed E-state index contributed by atoms with van der Waals surface area (Å²) in [5.41, 5.74) is 7.73. The number of pyridine rings is 1. The molecule has 0 bridgehead atoms. The van der Waals surface area contributed by atoms with Crippen molar-refractivity contribution in [3.8, 4) is 11.5 Å². The lowest BCUT2D eigenvalue weighted by atomic mass is 10.1. The Bertz CT molecular complexity index is 717. The molecule has 3 aromatic rings. The van der Waals surface area contributed by atoms with Gasteiger partial charge >= 0.3 is 0 Å². The number of fused-ring (bicyclic) bond motifs is 1. The highest BCUT2D eigenvalue weighted by molar-refractivity contribution is 5.92. The lowest BCUT2D eigenvalue weighted by Crippen LogP contribution is -2.21. The number of hydrogen-bond donors (Lipinski definition) is 1. The van der Waals surface area contributed by atoms with E-state index in [0.717, 1.165) is 22.9 Å². The first kappa shape index (κ1) is 12.7. The van der Waals surface area contributed by atoms with Crippen LogP contribution in [0.5, 0.6) is 0 Å². The molecule has 2 N–H and O–H groups in total. The maximum atomic E-state index is 5.91. The number of rotatable bonds is 4. The SMILES string of the molecule is CCC(N)Cc1noc(-c2cccc3ncccc23)n1. The molecule has 0 aliphatic heterocycles. The standard InChI is InChI=1S/C15H16N4O/c1-2-10(16)9-14-18-15(20-19-14)12-5-3-7-13-11(12)6-4-8-17-13/h3-8,10H,2,9,16H2,1H3. The molecule has 0 spiro atoms. The highest BCUT2D eigenvalue weighted by atomic mass is 16.5. The lowest BCUT2D eigenvalue weighted by molar-refractivity contribution is 0.419. The van der Waals surface area contributed by atoms with Gasteiger partial charge in [-0.15, -0.1) is 0 Å². The van der Waals surface area contributed by atoms with Gasteiger partial charge in [-0.1, -0.05) is 24.2 Å². The Morgan fingerprint density at radius 3 is 3.00 bits per heavy atom. The fourth-order valence-corrected chi connectivity index (χ4v) is 2.11. The molecule has 2 heterocycles. The summed E-state index contributed by atoms with van der Waals surface area (Å²) in [6.45, 7) is 2.04. The molecule has 5 nitrogen and oxygen atoms in total. The van der Waals surface area contributed by atoms with Crippen LogP contribution in [0.15, 0.2) is 41.1 Å². The maximum absolute atomic E-state index is 5.91. The van der Waals surface area contributed by atoms with Gasteiger partial charge in [0.15, 0.2) is 5.82 Å². The van der Waals surface area contributed by atoms with Crippen molar-refractivity contribution in [2.75, 3.05) is 0 Å². The van der Waals surface area contributed by atoms with E-state index in [1.165, 1.54) is 0 Å². The molecule has 20 heavy (non-hydrogen) atoms. The van der Waals surface area contributed by atoms with Crippen LogP contribution >= 0.6 is 0 Å². The van der Waals surface area contributed by atoms with Crippen molar-refractivity contribution >= 4 is 10.9 Å². The lowest BCUT2D eigenvalue weighted by Gasteiger charge is -2.03. The Hall–Kier alpha value is -2.27. The van der Waals surface area contributed by atoms with Crippen molar-refractivity contribution in [2.45, 2.75) is 25.8 Å². The van der Waals surface area contributed by atoms with Gasteiger partial charge in [0.1, 0.15) is 0 Å². The molecule has 0 saturated heterocycles. The van der Waals surface area contributed by atoms with E-state index in [2.05, 4.69) is 15.1 Å². The van der Waals surface area contributed by atoms with Gasteiger partial charge in [0.2, 0.25) is 0 Å². The largest absolute Gasteiger partial charge is 0.334 e. The van der Waals surface area contributed by atoms with Crippen LogP contribution in [0, 0.1) is 0 Å². The Morgan fingerprint density at radius 2 is 2.15 bits per heavy atom. The van der Waals surface area contributed by atoms with Crippen molar-refractivity contribution in [3.63, 3.8) is 0 Å². The molecule has 102 valence electrons. The van der Waals surface area contributed by atoms with E-state index < -0.39 is 0 Å². The van der Waals surface area contributed by atoms with Crippen molar-refractivity contribution < 1.29 is 4.52 Å². The zero-order chi connectivity index (χ0) is 13.9. The molecule has 0 saturated carbocycles. The van der Waals surface area contributed by atoms with E-state index >= 15 is 0 Å². The molecule has 0 aliphatic rings. The van der Waals surface area contributed by atoms with Gasteiger partial charge in [0.05, 0.1) is 5.52 Å². The van der Waals surface area contributed by atoms with Gasteiger partial charge in [-0.25, -0.2) is 0 Å². The monoisotopic (exact) mass is 268 g/mol. The van der Waals surface area contributed by atoms with E-state index in [9.17, 15) is 0 Å². The topological polar surface area (TPSA) is 77.8 Å². The van der Waals surface area contributed by atoms with Gasteiger partial charge in [-0.05, 0) is 24.6 Å². The fraction of sp³-hybridized carbons (Fsp3) is 0.267. The normalized spacial score (nSPS) is 12.7. The smallest absolute Gasteiger partial charge is 0.258 e. The predicted octanol–water partition coefficient (Wildman–Crippen LogP) is 2.56. The Kier molecular flexibility index (Phi) is 3.43. The van der Waals surface area contributed by atoms with E-state index in [4.69, 9.17) is 10.3 Å². The van der Waals surface area contributed by atoms with Crippen LogP contribution in [-0.2, 0) is 6.42 Å². The summed E-state index contributed by atoms with van der Waals surface area (Å²) in [5, 5.41) is 5.01. The van der Waals surface area contributed by atoms with Crippen LogP contribution in [0.2, 0.25) is 0 Å². The van der Waals surface area contributed by atoms with Crippen LogP contribution in [0.25, 0.3) is 22.4 Å². The first-order chi connectivity index (χ1) is 9.78. The summed E-state index contributed by atoms with van der Waals surface area (Å²) in [6, 6.07) is 9.82. The Labute approximate surface area is 116 Å². The molecule has 2 aromatic heterocycles. The minimum Gasteiger partial charge on any atom is -0.334 e. The highest BCUT2D eigenvalue weighted by Crippen LogP contribution is 2.26. The molecule has 0 radical (unpaired) electrons. The number of benzene rings is 1. The van der Waals surface area contributed by atoms with E-state index in [-0.39, 0.29) is 6.04 Å². The van der Waals surface area contributed by atoms with Crippen LogP contribution in [-0.4, -0.2) is 21.2 Å². The molecular weight excluding hydrogens is 252 g/mol. The molecule has 1 aromatic carbocycles. The van der Waals surface area contributed by atoms with Crippen molar-refractivity contribution in [1.82, 2.24) is 15.1 Å². The molecular formula is C15H16N4O. The molecule has 0 amide bonds. The average Bonchev–Trinajstić information content (AvgIpc) is 2.94. The second kappa shape index (κ2) is 5.38. The minimum absolute atomic E-state index is 0.0645. The summed E-state index contributed by atoms with van der Waals surface area (Å²) in [6.07, 6.45) is 3.29. The second-order valence-corrected chi connectivity index (χ2v) is 4.76. The van der Waals surface area contributed by atoms with E-state index in [1.807, 2.05) is 37.3 Å². The van der Waals surface area contributed by atoms with Gasteiger partial charge in [-0.2, -0.15) is 4.98 Å². The molecule has 3 rings (SSSR count). The molecule has 1 unspecified atom stereocenters. The summed E-state index contributed by atoms with van der Waals surface area (Å²) >= 11 is 0. The van der Waals surface area contributed by atoms with E-state index in [1.54, 1.807) is 6.20 Å². The van der Waals surface area contributed by atoms with Crippen molar-refractivity contribution in [3.05, 3.63) is 42.4 Å². The fourth-order valence-electron chi connectivity index (χ4n) is 2.11. The number of nitrogens with zero attached hydrogens (tertiary/aromatic N) is 3. The van der Waals surface area contributed by atoms with Gasteiger partial charge in [-0.3, -0.25) is 4.98 Å². The van der Waals surface area contributed by atoms with E-state index in [0.29, 0.717) is 18.1 Å². The number of aromatic nitrogens is 3. The molecule has 0 fully saturated rings. The third kappa shape index (κ3) is 2.40. The van der Waals surface area contributed by atoms with Crippen LogP contribution in [0.4, 0.5) is 0 Å². The predicted molar refractivity (Wildman–Crippen MR) is 77.0 cm³/mol. The molecule has 0 aliphatic carbocycles. The second-order valence-electron chi connectivity index (χ2n) is 4.76. The van der Waals surface area contributed by atoms with Crippen LogP contribution < -0.4 is 5.73 Å². The maximum Gasteiger partial charge on any atom is 0.258 e. The van der Waals surface area contributed by atoms with Gasteiger partial charge in [0.25, 0.3) is 5.89 Å². The molecule has 5 heteroatoms. The minimum atomic E-state index is 0.0645. The van der Waals surface area contributed by atoms with Gasteiger partial charge in [0, 0.05) is 29.6 Å². The Morgan fingerprint density at radius 1 is 1.25 bits per heavy atom. The average molecular weight is 268 g/mol. The number of hydrogen-bond acceptors (Lipinski definition) is 5. The highest BCUT2D eigenvalue weighted by Gasteiger charge is 2.13. The summed E-state index contributed by atoms with van der Waals surface area (Å²) in [5.74, 6) is 1.16. The third-order valence-electron chi connectivity index (χ3n) is 3.31. The zero-order valence-corrected chi connectivity index (χ0v) is 11.3. The first-order valence-electron chi connectivity index (χ1n) is 6.70. The quantitative estimate of drug-likeness (QED) is 0.786. The Balaban J connectivity index is 1.99. The summed E-state index contributed by atoms with van der Waals surface area (Å²) in [7, 11) is 0. The van der Waals surface area contributed by atoms with Crippen LogP contribution in [0.3, 0.4) is 0 Å². The van der Waals surface area contributed by atoms with Crippen molar-refractivity contribution in [2.24, 2.45) is 5.73 Å². The van der Waals surface area contributed by atoms with Crippen LogP contribution in [0.1, 0.15) is 19.2 Å². The first-order valence-corrected chi connectivity index (χ1v) is 6.70.